The number of ether oxygens (including phenoxy) is 2. The van der Waals surface area contributed by atoms with Gasteiger partial charge in [-0.15, -0.1) is 0 Å². The zero-order valence-electron chi connectivity index (χ0n) is 38.1. The largest absolute Gasteiger partial charge is 0.472 e. The summed E-state index contributed by atoms with van der Waals surface area (Å²) in [5, 5.41) is 62.0. The summed E-state index contributed by atoms with van der Waals surface area (Å²) in [5.74, 6) is -1.51. The quantitative estimate of drug-likeness (QED) is 0.0144. The summed E-state index contributed by atoms with van der Waals surface area (Å²) < 4.78 is 49.1. The molecule has 376 valence electrons. The van der Waals surface area contributed by atoms with E-state index in [0.717, 1.165) is 64.2 Å². The fourth-order valence-electron chi connectivity index (χ4n) is 6.52. The molecule has 1 rings (SSSR count). The first-order valence-corrected chi connectivity index (χ1v) is 26.0. The molecule has 1 aliphatic rings. The van der Waals surface area contributed by atoms with Crippen LogP contribution in [0.1, 0.15) is 142 Å². The van der Waals surface area contributed by atoms with Crippen molar-refractivity contribution >= 4 is 27.6 Å². The van der Waals surface area contributed by atoms with Crippen molar-refractivity contribution in [3.63, 3.8) is 0 Å². The Hall–Kier alpha value is -2.38. The van der Waals surface area contributed by atoms with Crippen molar-refractivity contribution in [1.29, 1.82) is 0 Å². The highest BCUT2D eigenvalue weighted by Gasteiger charge is 2.54. The van der Waals surface area contributed by atoms with Crippen molar-refractivity contribution in [2.45, 2.75) is 197 Å². The lowest BCUT2D eigenvalue weighted by Crippen LogP contribution is -2.64. The Morgan fingerprint density at radius 1 is 0.554 bits per heavy atom. The number of phosphoric ester groups is 2. The minimum Gasteiger partial charge on any atom is -0.462 e. The maximum absolute atomic E-state index is 13.0. The number of hydrogen-bond acceptors (Lipinski definition) is 15. The summed E-state index contributed by atoms with van der Waals surface area (Å²) in [6, 6.07) is 0. The van der Waals surface area contributed by atoms with E-state index in [-0.39, 0.29) is 32.1 Å². The molecule has 0 bridgehead atoms. The Morgan fingerprint density at radius 2 is 1.08 bits per heavy atom. The summed E-state index contributed by atoms with van der Waals surface area (Å²) in [6.07, 6.45) is 17.7. The Bertz CT molecular complexity index is 1530. The second-order valence-corrected chi connectivity index (χ2v) is 18.7. The van der Waals surface area contributed by atoms with Crippen molar-refractivity contribution in [2.75, 3.05) is 13.2 Å². The fourth-order valence-corrected chi connectivity index (χ4v) is 8.06. The Balaban J connectivity index is 2.72. The summed E-state index contributed by atoms with van der Waals surface area (Å²) in [4.78, 5) is 54.2. The molecule has 1 fully saturated rings. The van der Waals surface area contributed by atoms with Crippen LogP contribution in [-0.4, -0.2) is 125 Å². The number of unbranched alkanes of at least 4 members (excludes halogenated alkanes) is 9. The zero-order chi connectivity index (χ0) is 48.5. The van der Waals surface area contributed by atoms with Crippen LogP contribution in [0.4, 0.5) is 0 Å². The molecule has 0 aromatic rings. The van der Waals surface area contributed by atoms with Gasteiger partial charge in [0, 0.05) is 12.8 Å². The molecular weight excluding hydrogens is 890 g/mol. The van der Waals surface area contributed by atoms with Gasteiger partial charge in [0.05, 0.1) is 18.8 Å². The number of aliphatic hydroxyl groups excluding tert-OH is 6. The van der Waals surface area contributed by atoms with E-state index in [1.807, 2.05) is 12.2 Å². The number of esters is 2. The van der Waals surface area contributed by atoms with E-state index in [1.165, 1.54) is 19.3 Å². The van der Waals surface area contributed by atoms with E-state index in [4.69, 9.17) is 28.3 Å². The molecular formula is C45H78O18P2. The second kappa shape index (κ2) is 35.7. The van der Waals surface area contributed by atoms with Crippen LogP contribution in [0.15, 0.2) is 60.8 Å². The van der Waals surface area contributed by atoms with Crippen LogP contribution in [0, 0.1) is 0 Å². The molecule has 0 aliphatic heterocycles. The SMILES string of the molecule is CCC/C=C\C/C=C\CCCCCCCC(=O)O[C@H](COC(=O)CCCC(O)C(O)C/C=C\C/C=C\C/C=C\CCCCC)COP(=O)(O)O[C@H]1C(O)C(O)C(O)[C@@H](OP(=O)(O)O)C1O. The van der Waals surface area contributed by atoms with Gasteiger partial charge in [-0.2, -0.15) is 0 Å². The lowest BCUT2D eigenvalue weighted by atomic mass is 9.85. The van der Waals surface area contributed by atoms with Gasteiger partial charge in [0.25, 0.3) is 0 Å². The molecule has 0 aromatic carbocycles. The van der Waals surface area contributed by atoms with Gasteiger partial charge in [-0.05, 0) is 77.0 Å². The Kier molecular flexibility index (Phi) is 33.3. The molecule has 10 atom stereocenters. The molecule has 1 aliphatic carbocycles. The monoisotopic (exact) mass is 968 g/mol. The number of aliphatic hydroxyl groups is 6. The van der Waals surface area contributed by atoms with Gasteiger partial charge < -0.3 is 54.8 Å². The van der Waals surface area contributed by atoms with Gasteiger partial charge in [0.1, 0.15) is 43.2 Å². The Labute approximate surface area is 384 Å². The number of rotatable bonds is 37. The normalized spacial score (nSPS) is 23.2. The molecule has 0 aromatic heterocycles. The number of hydrogen-bond donors (Lipinski definition) is 9. The third-order valence-corrected chi connectivity index (χ3v) is 11.7. The highest BCUT2D eigenvalue weighted by molar-refractivity contribution is 7.47. The molecule has 0 amide bonds. The number of carbonyl (C=O) groups is 2. The first-order chi connectivity index (χ1) is 30.9. The lowest BCUT2D eigenvalue weighted by molar-refractivity contribution is -0.216. The predicted molar refractivity (Wildman–Crippen MR) is 244 cm³/mol. The third kappa shape index (κ3) is 29.9. The third-order valence-electron chi connectivity index (χ3n) is 10.2. The van der Waals surface area contributed by atoms with Crippen molar-refractivity contribution in [1.82, 2.24) is 0 Å². The van der Waals surface area contributed by atoms with Crippen LogP contribution in [0.2, 0.25) is 0 Å². The highest BCUT2D eigenvalue weighted by atomic mass is 31.2. The second-order valence-electron chi connectivity index (χ2n) is 16.1. The molecule has 0 spiro atoms. The zero-order valence-corrected chi connectivity index (χ0v) is 39.9. The number of carbonyl (C=O) groups excluding carboxylic acids is 2. The van der Waals surface area contributed by atoms with Gasteiger partial charge in [0.15, 0.2) is 6.10 Å². The van der Waals surface area contributed by atoms with Crippen molar-refractivity contribution in [3.8, 4) is 0 Å². The maximum atomic E-state index is 13.0. The van der Waals surface area contributed by atoms with Gasteiger partial charge in [0.2, 0.25) is 0 Å². The summed E-state index contributed by atoms with van der Waals surface area (Å²) in [5.41, 5.74) is 0. The lowest BCUT2D eigenvalue weighted by Gasteiger charge is -2.43. The molecule has 0 heterocycles. The van der Waals surface area contributed by atoms with E-state index in [9.17, 15) is 54.3 Å². The van der Waals surface area contributed by atoms with Crippen LogP contribution in [0.3, 0.4) is 0 Å². The molecule has 9 N–H and O–H groups in total. The van der Waals surface area contributed by atoms with E-state index in [1.54, 1.807) is 6.08 Å². The van der Waals surface area contributed by atoms with Crippen molar-refractivity contribution < 1.29 is 87.1 Å². The smallest absolute Gasteiger partial charge is 0.462 e. The first-order valence-electron chi connectivity index (χ1n) is 23.0. The first kappa shape index (κ1) is 60.6. The van der Waals surface area contributed by atoms with Crippen LogP contribution < -0.4 is 0 Å². The topological polar surface area (TPSA) is 296 Å². The minimum atomic E-state index is -5.40. The number of allylic oxidation sites excluding steroid dienone is 9. The molecule has 18 nitrogen and oxygen atoms in total. The van der Waals surface area contributed by atoms with Gasteiger partial charge in [-0.3, -0.25) is 23.2 Å². The summed E-state index contributed by atoms with van der Waals surface area (Å²) >= 11 is 0. The van der Waals surface area contributed by atoms with Crippen LogP contribution >= 0.6 is 15.6 Å². The average molecular weight is 969 g/mol. The van der Waals surface area contributed by atoms with Gasteiger partial charge in [-0.1, -0.05) is 113 Å². The summed E-state index contributed by atoms with van der Waals surface area (Å²) in [7, 11) is -10.8. The van der Waals surface area contributed by atoms with E-state index in [2.05, 4.69) is 60.9 Å². The molecule has 0 radical (unpaired) electrons. The molecule has 65 heavy (non-hydrogen) atoms. The van der Waals surface area contributed by atoms with Crippen molar-refractivity contribution in [3.05, 3.63) is 60.8 Å². The average Bonchev–Trinajstić information content (AvgIpc) is 3.25. The van der Waals surface area contributed by atoms with Crippen LogP contribution in [0.5, 0.6) is 0 Å². The highest BCUT2D eigenvalue weighted by Crippen LogP contribution is 2.49. The van der Waals surface area contributed by atoms with Gasteiger partial charge in [-0.25, -0.2) is 9.13 Å². The standard InChI is InChI=1S/C45H78O18P2/c1-3-5-7-9-11-13-15-17-19-21-23-25-27-31-39(49)61-35(34-60-65(57,58)63-45-42(52)40(50)41(51)44(43(45)53)62-64(54,55)56)33-59-38(48)32-28-30-37(47)36(46)29-26-24-22-20-18-16-14-12-10-8-6-4-2/h7,9,12-15,18,20,24,26,35-37,40-47,50-53H,3-6,8,10-11,16-17,19,21-23,25,27-34H2,1-2H3,(H,57,58)(H2,54,55,56)/b9-7-,14-12-,15-13-,20-18-,26-24-/t35-,36?,37?,40?,41?,42?,43?,44-,45+/m1/s1. The Morgan fingerprint density at radius 3 is 1.68 bits per heavy atom. The van der Waals surface area contributed by atoms with Crippen molar-refractivity contribution in [2.24, 2.45) is 0 Å². The van der Waals surface area contributed by atoms with Gasteiger partial charge >= 0.3 is 27.6 Å². The minimum absolute atomic E-state index is 0.0354. The molecule has 7 unspecified atom stereocenters. The maximum Gasteiger partial charge on any atom is 0.472 e. The predicted octanol–water partition coefficient (Wildman–Crippen LogP) is 6.22. The molecule has 0 saturated heterocycles. The molecule has 20 heteroatoms. The number of phosphoric acid groups is 2. The van der Waals surface area contributed by atoms with Crippen LogP contribution in [0.25, 0.3) is 0 Å². The van der Waals surface area contributed by atoms with E-state index in [0.29, 0.717) is 12.8 Å². The summed E-state index contributed by atoms with van der Waals surface area (Å²) in [6.45, 7) is 2.73. The van der Waals surface area contributed by atoms with E-state index < -0.39 is 95.7 Å². The van der Waals surface area contributed by atoms with Crippen LogP contribution in [-0.2, 0) is 41.8 Å². The molecule has 1 saturated carbocycles. The fraction of sp³-hybridized carbons (Fsp3) is 0.733. The van der Waals surface area contributed by atoms with E-state index >= 15 is 0 Å².